The standard InChI is InChI=1S/C20H24N4OS/c1-15(18(25)23-20(14-21)11-7-4-8-12-20)26-19-22-13-17(24(19)2)16-9-5-3-6-10-16/h3,5-6,9-10,13,15H,4,7-8,11-12H2,1-2H3,(H,23,25). The first-order valence-electron chi connectivity index (χ1n) is 9.02. The zero-order valence-electron chi connectivity index (χ0n) is 15.2. The fraction of sp³-hybridized carbons (Fsp3) is 0.450. The molecule has 1 aromatic carbocycles. The third-order valence-corrected chi connectivity index (χ3v) is 6.11. The fourth-order valence-electron chi connectivity index (χ4n) is 3.35. The molecule has 136 valence electrons. The van der Waals surface area contributed by atoms with Crippen molar-refractivity contribution in [2.45, 2.75) is 55.0 Å². The van der Waals surface area contributed by atoms with Crippen LogP contribution in [0.5, 0.6) is 0 Å². The van der Waals surface area contributed by atoms with E-state index in [1.807, 2.05) is 55.1 Å². The summed E-state index contributed by atoms with van der Waals surface area (Å²) in [6.07, 6.45) is 6.45. The molecule has 3 rings (SSSR count). The van der Waals surface area contributed by atoms with Gasteiger partial charge in [0.1, 0.15) is 5.54 Å². The van der Waals surface area contributed by atoms with Gasteiger partial charge in [-0.1, -0.05) is 61.4 Å². The summed E-state index contributed by atoms with van der Waals surface area (Å²) in [7, 11) is 1.96. The first kappa shape index (κ1) is 18.5. The van der Waals surface area contributed by atoms with Gasteiger partial charge in [-0.3, -0.25) is 4.79 Å². The molecule has 1 heterocycles. The van der Waals surface area contributed by atoms with Crippen LogP contribution < -0.4 is 5.32 Å². The van der Waals surface area contributed by atoms with Crippen molar-refractivity contribution in [2.75, 3.05) is 0 Å². The van der Waals surface area contributed by atoms with Crippen molar-refractivity contribution >= 4 is 17.7 Å². The molecule has 1 N–H and O–H groups in total. The SMILES string of the molecule is CC(Sc1ncc(-c2ccccc2)n1C)C(=O)NC1(C#N)CCCCC1. The van der Waals surface area contributed by atoms with Gasteiger partial charge in [0.25, 0.3) is 0 Å². The van der Waals surface area contributed by atoms with E-state index in [1.54, 1.807) is 0 Å². The molecule has 0 radical (unpaired) electrons. The van der Waals surface area contributed by atoms with Crippen LogP contribution in [0.15, 0.2) is 41.7 Å². The van der Waals surface area contributed by atoms with Crippen molar-refractivity contribution in [3.05, 3.63) is 36.5 Å². The normalized spacial score (nSPS) is 17.3. The van der Waals surface area contributed by atoms with Gasteiger partial charge in [-0.2, -0.15) is 5.26 Å². The second-order valence-electron chi connectivity index (χ2n) is 6.85. The van der Waals surface area contributed by atoms with Gasteiger partial charge in [0, 0.05) is 7.05 Å². The van der Waals surface area contributed by atoms with Crippen LogP contribution in [0.1, 0.15) is 39.0 Å². The smallest absolute Gasteiger partial charge is 0.234 e. The highest BCUT2D eigenvalue weighted by Crippen LogP contribution is 2.30. The van der Waals surface area contributed by atoms with Crippen molar-refractivity contribution in [3.63, 3.8) is 0 Å². The number of hydrogen-bond donors (Lipinski definition) is 1. The Morgan fingerprint density at radius 2 is 2.00 bits per heavy atom. The van der Waals surface area contributed by atoms with Crippen LogP contribution in [-0.2, 0) is 11.8 Å². The monoisotopic (exact) mass is 368 g/mol. The molecule has 0 bridgehead atoms. The maximum atomic E-state index is 12.6. The summed E-state index contributed by atoms with van der Waals surface area (Å²) in [5.74, 6) is -0.0947. The summed E-state index contributed by atoms with van der Waals surface area (Å²) in [4.78, 5) is 17.1. The average Bonchev–Trinajstić information content (AvgIpc) is 3.03. The summed E-state index contributed by atoms with van der Waals surface area (Å²) in [6.45, 7) is 1.87. The largest absolute Gasteiger partial charge is 0.337 e. The third kappa shape index (κ3) is 3.94. The van der Waals surface area contributed by atoms with Crippen LogP contribution in [-0.4, -0.2) is 26.2 Å². The molecular weight excluding hydrogens is 344 g/mol. The Morgan fingerprint density at radius 1 is 1.31 bits per heavy atom. The van der Waals surface area contributed by atoms with E-state index in [-0.39, 0.29) is 11.2 Å². The maximum Gasteiger partial charge on any atom is 0.234 e. The number of imidazole rings is 1. The zero-order chi connectivity index (χ0) is 18.6. The summed E-state index contributed by atoms with van der Waals surface area (Å²) >= 11 is 1.42. The molecule has 1 amide bonds. The van der Waals surface area contributed by atoms with Gasteiger partial charge in [0.05, 0.1) is 23.2 Å². The fourth-order valence-corrected chi connectivity index (χ4v) is 4.20. The highest BCUT2D eigenvalue weighted by molar-refractivity contribution is 8.00. The Kier molecular flexibility index (Phi) is 5.67. The van der Waals surface area contributed by atoms with Gasteiger partial charge < -0.3 is 9.88 Å². The molecule has 1 atom stereocenters. The predicted octanol–water partition coefficient (Wildman–Crippen LogP) is 3.91. The van der Waals surface area contributed by atoms with E-state index < -0.39 is 5.54 Å². The zero-order valence-corrected chi connectivity index (χ0v) is 16.1. The van der Waals surface area contributed by atoms with Crippen LogP contribution >= 0.6 is 11.8 Å². The minimum atomic E-state index is -0.693. The van der Waals surface area contributed by atoms with Crippen LogP contribution in [0.4, 0.5) is 0 Å². The second kappa shape index (κ2) is 7.96. The Morgan fingerprint density at radius 3 is 2.65 bits per heavy atom. The number of thioether (sulfide) groups is 1. The molecule has 6 heteroatoms. The van der Waals surface area contributed by atoms with Crippen LogP contribution in [0.3, 0.4) is 0 Å². The number of nitrogens with zero attached hydrogens (tertiary/aromatic N) is 3. The molecular formula is C20H24N4OS. The molecule has 1 saturated carbocycles. The first-order valence-corrected chi connectivity index (χ1v) is 9.90. The van der Waals surface area contributed by atoms with Crippen LogP contribution in [0.25, 0.3) is 11.3 Å². The van der Waals surface area contributed by atoms with E-state index in [9.17, 15) is 10.1 Å². The Hall–Kier alpha value is -2.26. The van der Waals surface area contributed by atoms with Crippen LogP contribution in [0.2, 0.25) is 0 Å². The Labute approximate surface area is 158 Å². The van der Waals surface area contributed by atoms with Gasteiger partial charge in [0.15, 0.2) is 5.16 Å². The number of hydrogen-bond acceptors (Lipinski definition) is 4. The van der Waals surface area contributed by atoms with Crippen molar-refractivity contribution in [2.24, 2.45) is 7.05 Å². The van der Waals surface area contributed by atoms with Crippen LogP contribution in [0, 0.1) is 11.3 Å². The summed E-state index contributed by atoms with van der Waals surface area (Å²) < 4.78 is 2.00. The lowest BCUT2D eigenvalue weighted by Crippen LogP contribution is -2.50. The number of benzene rings is 1. The number of nitrogens with one attached hydrogen (secondary N) is 1. The van der Waals surface area contributed by atoms with Gasteiger partial charge in [-0.15, -0.1) is 0 Å². The molecule has 1 aromatic heterocycles. The highest BCUT2D eigenvalue weighted by Gasteiger charge is 2.35. The Balaban J connectivity index is 1.68. The van der Waals surface area contributed by atoms with Crippen molar-refractivity contribution in [1.29, 1.82) is 5.26 Å². The minimum Gasteiger partial charge on any atom is -0.337 e. The number of rotatable bonds is 5. The molecule has 0 spiro atoms. The van der Waals surface area contributed by atoms with E-state index in [1.165, 1.54) is 11.8 Å². The highest BCUT2D eigenvalue weighted by atomic mass is 32.2. The van der Waals surface area contributed by atoms with Crippen molar-refractivity contribution in [3.8, 4) is 17.3 Å². The molecule has 0 saturated heterocycles. The predicted molar refractivity (Wildman–Crippen MR) is 104 cm³/mol. The quantitative estimate of drug-likeness (QED) is 0.812. The Bertz CT molecular complexity index is 803. The van der Waals surface area contributed by atoms with E-state index in [4.69, 9.17) is 0 Å². The molecule has 26 heavy (non-hydrogen) atoms. The maximum absolute atomic E-state index is 12.6. The van der Waals surface area contributed by atoms with Gasteiger partial charge in [0.2, 0.25) is 5.91 Å². The van der Waals surface area contributed by atoms with E-state index in [0.29, 0.717) is 0 Å². The lowest BCUT2D eigenvalue weighted by Gasteiger charge is -2.32. The van der Waals surface area contributed by atoms with Gasteiger partial charge in [-0.25, -0.2) is 4.98 Å². The molecule has 2 aromatic rings. The third-order valence-electron chi connectivity index (χ3n) is 4.95. The summed E-state index contributed by atoms with van der Waals surface area (Å²) in [5.41, 5.74) is 1.42. The van der Waals surface area contributed by atoms with Gasteiger partial charge >= 0.3 is 0 Å². The molecule has 5 nitrogen and oxygen atoms in total. The van der Waals surface area contributed by atoms with Gasteiger partial charge in [-0.05, 0) is 25.3 Å². The number of carbonyl (C=O) groups is 1. The van der Waals surface area contributed by atoms with Crippen molar-refractivity contribution < 1.29 is 4.79 Å². The average molecular weight is 369 g/mol. The number of nitriles is 1. The van der Waals surface area contributed by atoms with Crippen molar-refractivity contribution in [1.82, 2.24) is 14.9 Å². The number of aromatic nitrogens is 2. The first-order chi connectivity index (χ1) is 12.5. The van der Waals surface area contributed by atoms with E-state index >= 15 is 0 Å². The molecule has 1 unspecified atom stereocenters. The van der Waals surface area contributed by atoms with E-state index in [2.05, 4.69) is 16.4 Å². The lowest BCUT2D eigenvalue weighted by atomic mass is 9.83. The molecule has 1 fully saturated rings. The minimum absolute atomic E-state index is 0.0947. The second-order valence-corrected chi connectivity index (χ2v) is 8.16. The molecule has 1 aliphatic carbocycles. The topological polar surface area (TPSA) is 70.7 Å². The number of amides is 1. The number of carbonyl (C=O) groups excluding carboxylic acids is 1. The molecule has 0 aliphatic heterocycles. The van der Waals surface area contributed by atoms with E-state index in [0.717, 1.165) is 48.5 Å². The summed E-state index contributed by atoms with van der Waals surface area (Å²) in [6, 6.07) is 12.4. The molecule has 1 aliphatic rings. The lowest BCUT2D eigenvalue weighted by molar-refractivity contribution is -0.121. The summed E-state index contributed by atoms with van der Waals surface area (Å²) in [5, 5.41) is 13.0.